The Kier molecular flexibility index (Phi) is 7.83. The second kappa shape index (κ2) is 9.40. The normalized spacial score (nSPS) is 11.1. The zero-order valence-corrected chi connectivity index (χ0v) is 13.6. The molecule has 0 radical (unpaired) electrons. The predicted octanol–water partition coefficient (Wildman–Crippen LogP) is 3.36. The first-order valence-corrected chi connectivity index (χ1v) is 7.96. The fourth-order valence-electron chi connectivity index (χ4n) is 2.34. The molecule has 3 N–H and O–H groups in total. The van der Waals surface area contributed by atoms with E-state index in [-0.39, 0.29) is 5.91 Å². The molecule has 0 spiro atoms. The summed E-state index contributed by atoms with van der Waals surface area (Å²) in [4.78, 5) is 14.3. The molecule has 0 unspecified atom stereocenters. The first-order valence-electron chi connectivity index (χ1n) is 7.96. The van der Waals surface area contributed by atoms with Crippen LogP contribution in [0.25, 0.3) is 0 Å². The van der Waals surface area contributed by atoms with Crippen LogP contribution in [0.4, 0.5) is 11.4 Å². The molecule has 0 fully saturated rings. The van der Waals surface area contributed by atoms with E-state index < -0.39 is 0 Å². The van der Waals surface area contributed by atoms with Gasteiger partial charge in [0.05, 0.1) is 0 Å². The van der Waals surface area contributed by atoms with Crippen LogP contribution in [-0.4, -0.2) is 30.4 Å². The molecule has 0 saturated carbocycles. The van der Waals surface area contributed by atoms with Crippen LogP contribution in [-0.2, 0) is 4.79 Å². The van der Waals surface area contributed by atoms with Gasteiger partial charge in [0, 0.05) is 30.9 Å². The molecule has 0 heterocycles. The third-order valence-corrected chi connectivity index (χ3v) is 3.97. The highest BCUT2D eigenvalue weighted by Crippen LogP contribution is 2.12. The van der Waals surface area contributed by atoms with E-state index in [1.54, 1.807) is 12.1 Å². The molecule has 118 valence electrons. The average molecular weight is 291 g/mol. The molecule has 0 saturated heterocycles. The Morgan fingerprint density at radius 1 is 1.19 bits per heavy atom. The van der Waals surface area contributed by atoms with E-state index in [1.165, 1.54) is 12.8 Å². The minimum atomic E-state index is 0.0581. The van der Waals surface area contributed by atoms with Gasteiger partial charge < -0.3 is 16.0 Å². The number of carbonyl (C=O) groups excluding carboxylic acids is 1. The second-order valence-electron chi connectivity index (χ2n) is 5.50. The van der Waals surface area contributed by atoms with Crippen LogP contribution in [0.2, 0.25) is 0 Å². The van der Waals surface area contributed by atoms with E-state index in [0.717, 1.165) is 31.2 Å². The first-order chi connectivity index (χ1) is 10.1. The van der Waals surface area contributed by atoms with Crippen LogP contribution in [0.3, 0.4) is 0 Å². The number of nitrogen functional groups attached to an aromatic ring is 1. The van der Waals surface area contributed by atoms with Crippen molar-refractivity contribution < 1.29 is 4.79 Å². The molecular formula is C17H29N3O. The van der Waals surface area contributed by atoms with Gasteiger partial charge in [0.25, 0.3) is 0 Å². The van der Waals surface area contributed by atoms with Crippen molar-refractivity contribution in [2.75, 3.05) is 30.7 Å². The molecule has 0 aliphatic rings. The SMILES string of the molecule is CCC(CC)CN(CC)CCC(=O)Nc1ccc(N)cc1. The van der Waals surface area contributed by atoms with E-state index in [9.17, 15) is 4.79 Å². The summed E-state index contributed by atoms with van der Waals surface area (Å²) in [7, 11) is 0. The minimum Gasteiger partial charge on any atom is -0.399 e. The maximum absolute atomic E-state index is 12.0. The zero-order valence-electron chi connectivity index (χ0n) is 13.6. The van der Waals surface area contributed by atoms with Crippen LogP contribution in [0.5, 0.6) is 0 Å². The number of amides is 1. The van der Waals surface area contributed by atoms with E-state index in [1.807, 2.05) is 12.1 Å². The van der Waals surface area contributed by atoms with Crippen molar-refractivity contribution in [2.24, 2.45) is 5.92 Å². The van der Waals surface area contributed by atoms with Crippen molar-refractivity contribution in [1.29, 1.82) is 0 Å². The van der Waals surface area contributed by atoms with Gasteiger partial charge in [-0.15, -0.1) is 0 Å². The lowest BCUT2D eigenvalue weighted by atomic mass is 10.0. The average Bonchev–Trinajstić information content (AvgIpc) is 2.50. The Morgan fingerprint density at radius 3 is 2.33 bits per heavy atom. The highest BCUT2D eigenvalue weighted by molar-refractivity contribution is 5.90. The summed E-state index contributed by atoms with van der Waals surface area (Å²) in [5, 5.41) is 2.91. The molecule has 1 aromatic carbocycles. The summed E-state index contributed by atoms with van der Waals surface area (Å²) in [6.45, 7) is 9.50. The van der Waals surface area contributed by atoms with Gasteiger partial charge in [-0.25, -0.2) is 0 Å². The lowest BCUT2D eigenvalue weighted by Crippen LogP contribution is -2.32. The van der Waals surface area contributed by atoms with Crippen LogP contribution >= 0.6 is 0 Å². The monoisotopic (exact) mass is 291 g/mol. The van der Waals surface area contributed by atoms with Gasteiger partial charge in [-0.05, 0) is 36.7 Å². The number of nitrogens with two attached hydrogens (primary N) is 1. The summed E-state index contributed by atoms with van der Waals surface area (Å²) in [5.74, 6) is 0.785. The molecular weight excluding hydrogens is 262 g/mol. The molecule has 1 aromatic rings. The van der Waals surface area contributed by atoms with Gasteiger partial charge in [0.15, 0.2) is 0 Å². The van der Waals surface area contributed by atoms with Gasteiger partial charge >= 0.3 is 0 Å². The van der Waals surface area contributed by atoms with Crippen molar-refractivity contribution in [3.63, 3.8) is 0 Å². The van der Waals surface area contributed by atoms with Crippen molar-refractivity contribution in [3.8, 4) is 0 Å². The summed E-state index contributed by atoms with van der Waals surface area (Å²) in [5.41, 5.74) is 7.13. The molecule has 1 amide bonds. The van der Waals surface area contributed by atoms with Crippen LogP contribution in [0, 0.1) is 5.92 Å². The van der Waals surface area contributed by atoms with E-state index in [0.29, 0.717) is 12.1 Å². The van der Waals surface area contributed by atoms with Crippen LogP contribution < -0.4 is 11.1 Å². The molecule has 0 aliphatic carbocycles. The highest BCUT2D eigenvalue weighted by Gasteiger charge is 2.11. The Balaban J connectivity index is 2.38. The number of carbonyl (C=O) groups is 1. The molecule has 0 aliphatic heterocycles. The maximum atomic E-state index is 12.0. The lowest BCUT2D eigenvalue weighted by molar-refractivity contribution is -0.116. The predicted molar refractivity (Wildman–Crippen MR) is 90.3 cm³/mol. The van der Waals surface area contributed by atoms with E-state index in [4.69, 9.17) is 5.73 Å². The molecule has 4 heteroatoms. The maximum Gasteiger partial charge on any atom is 0.225 e. The Morgan fingerprint density at radius 2 is 1.81 bits per heavy atom. The molecule has 4 nitrogen and oxygen atoms in total. The van der Waals surface area contributed by atoms with Gasteiger partial charge in [-0.3, -0.25) is 4.79 Å². The highest BCUT2D eigenvalue weighted by atomic mass is 16.1. The molecule has 21 heavy (non-hydrogen) atoms. The number of rotatable bonds is 9. The van der Waals surface area contributed by atoms with Crippen molar-refractivity contribution in [2.45, 2.75) is 40.0 Å². The van der Waals surface area contributed by atoms with Gasteiger partial charge in [0.2, 0.25) is 5.91 Å². The fraction of sp³-hybridized carbons (Fsp3) is 0.588. The van der Waals surface area contributed by atoms with Crippen LogP contribution in [0.15, 0.2) is 24.3 Å². The summed E-state index contributed by atoms with van der Waals surface area (Å²) in [6.07, 6.45) is 2.92. The number of anilines is 2. The van der Waals surface area contributed by atoms with Gasteiger partial charge in [0.1, 0.15) is 0 Å². The third-order valence-electron chi connectivity index (χ3n) is 3.97. The molecule has 0 bridgehead atoms. The third kappa shape index (κ3) is 6.63. The van der Waals surface area contributed by atoms with Crippen molar-refractivity contribution in [3.05, 3.63) is 24.3 Å². The van der Waals surface area contributed by atoms with Crippen LogP contribution in [0.1, 0.15) is 40.0 Å². The van der Waals surface area contributed by atoms with Crippen molar-refractivity contribution >= 4 is 17.3 Å². The number of nitrogens with one attached hydrogen (secondary N) is 1. The summed E-state index contributed by atoms with van der Waals surface area (Å²) >= 11 is 0. The van der Waals surface area contributed by atoms with E-state index in [2.05, 4.69) is 31.0 Å². The topological polar surface area (TPSA) is 58.4 Å². The quantitative estimate of drug-likeness (QED) is 0.686. The number of hydrogen-bond donors (Lipinski definition) is 2. The standard InChI is InChI=1S/C17H29N3O/c1-4-14(5-2)13-20(6-3)12-11-17(21)19-16-9-7-15(18)8-10-16/h7-10,14H,4-6,11-13,18H2,1-3H3,(H,19,21). The van der Waals surface area contributed by atoms with E-state index >= 15 is 0 Å². The summed E-state index contributed by atoms with van der Waals surface area (Å²) < 4.78 is 0. The first kappa shape index (κ1) is 17.5. The second-order valence-corrected chi connectivity index (χ2v) is 5.50. The smallest absolute Gasteiger partial charge is 0.225 e. The minimum absolute atomic E-state index is 0.0581. The number of nitrogens with zero attached hydrogens (tertiary/aromatic N) is 1. The largest absolute Gasteiger partial charge is 0.399 e. The Bertz CT molecular complexity index is 413. The fourth-order valence-corrected chi connectivity index (χ4v) is 2.34. The van der Waals surface area contributed by atoms with Crippen molar-refractivity contribution in [1.82, 2.24) is 4.90 Å². The molecule has 1 rings (SSSR count). The lowest BCUT2D eigenvalue weighted by Gasteiger charge is -2.24. The molecule has 0 aromatic heterocycles. The Labute approximate surface area is 128 Å². The van der Waals surface area contributed by atoms with Gasteiger partial charge in [-0.1, -0.05) is 33.6 Å². The zero-order chi connectivity index (χ0) is 15.7. The van der Waals surface area contributed by atoms with Gasteiger partial charge in [-0.2, -0.15) is 0 Å². The number of benzene rings is 1. The summed E-state index contributed by atoms with van der Waals surface area (Å²) in [6, 6.07) is 7.24. The number of hydrogen-bond acceptors (Lipinski definition) is 3. The Hall–Kier alpha value is -1.55. The molecule has 0 atom stereocenters.